The van der Waals surface area contributed by atoms with Gasteiger partial charge in [-0.05, 0) is 12.1 Å². The summed E-state index contributed by atoms with van der Waals surface area (Å²) in [5.74, 6) is -6.22. The van der Waals surface area contributed by atoms with Gasteiger partial charge in [0.2, 0.25) is 0 Å². The minimum atomic E-state index is -1.76. The second-order valence-corrected chi connectivity index (χ2v) is 3.78. The summed E-state index contributed by atoms with van der Waals surface area (Å²) < 4.78 is 35.9. The molecule has 7 nitrogen and oxygen atoms in total. The summed E-state index contributed by atoms with van der Waals surface area (Å²) in [6, 6.07) is 1.28. The lowest BCUT2D eigenvalue weighted by Gasteiger charge is -2.12. The molecule has 118 valence electrons. The Bertz CT molecular complexity index is 656. The first-order valence-electron chi connectivity index (χ1n) is 5.68. The van der Waals surface area contributed by atoms with E-state index in [1.54, 1.807) is 0 Å². The van der Waals surface area contributed by atoms with Gasteiger partial charge in [0, 0.05) is 0 Å². The SMILES string of the molecule is COC(=O)/C=C(/Nc1c(F)ccc(F)c1C(=O)O)C(=O)OC. The monoisotopic (exact) mass is 315 g/mol. The number of esters is 2. The highest BCUT2D eigenvalue weighted by Crippen LogP contribution is 2.24. The lowest BCUT2D eigenvalue weighted by molar-refractivity contribution is -0.138. The van der Waals surface area contributed by atoms with Crippen molar-refractivity contribution in [3.05, 3.63) is 41.1 Å². The molecule has 0 saturated heterocycles. The number of nitrogens with one attached hydrogen (secondary N) is 1. The number of carboxylic acid groups (broad SMARTS) is 1. The van der Waals surface area contributed by atoms with Crippen LogP contribution < -0.4 is 5.32 Å². The van der Waals surface area contributed by atoms with Gasteiger partial charge in [-0.3, -0.25) is 0 Å². The Kier molecular flexibility index (Phi) is 5.56. The lowest BCUT2D eigenvalue weighted by atomic mass is 10.1. The smallest absolute Gasteiger partial charge is 0.354 e. The van der Waals surface area contributed by atoms with Gasteiger partial charge < -0.3 is 19.9 Å². The fraction of sp³-hybridized carbons (Fsp3) is 0.154. The normalized spacial score (nSPS) is 10.8. The number of anilines is 1. The van der Waals surface area contributed by atoms with E-state index in [0.29, 0.717) is 18.2 Å². The topological polar surface area (TPSA) is 102 Å². The summed E-state index contributed by atoms with van der Waals surface area (Å²) in [4.78, 5) is 33.7. The van der Waals surface area contributed by atoms with Gasteiger partial charge in [0.25, 0.3) is 0 Å². The average Bonchev–Trinajstić information content (AvgIpc) is 2.48. The third-order valence-electron chi connectivity index (χ3n) is 2.45. The van der Waals surface area contributed by atoms with Crippen molar-refractivity contribution in [1.29, 1.82) is 0 Å². The van der Waals surface area contributed by atoms with Crippen LogP contribution in [0, 0.1) is 11.6 Å². The molecule has 0 atom stereocenters. The quantitative estimate of drug-likeness (QED) is 0.624. The zero-order chi connectivity index (χ0) is 16.9. The molecule has 0 aromatic heterocycles. The fourth-order valence-corrected chi connectivity index (χ4v) is 1.45. The molecule has 2 N–H and O–H groups in total. The van der Waals surface area contributed by atoms with Crippen LogP contribution in [0.5, 0.6) is 0 Å². The number of carbonyl (C=O) groups excluding carboxylic acids is 2. The maximum absolute atomic E-state index is 13.7. The summed E-state index contributed by atoms with van der Waals surface area (Å²) in [6.45, 7) is 0. The van der Waals surface area contributed by atoms with Gasteiger partial charge in [-0.2, -0.15) is 0 Å². The molecule has 0 spiro atoms. The fourth-order valence-electron chi connectivity index (χ4n) is 1.45. The van der Waals surface area contributed by atoms with Crippen LogP contribution in [-0.2, 0) is 19.1 Å². The zero-order valence-electron chi connectivity index (χ0n) is 11.5. The highest BCUT2D eigenvalue weighted by Gasteiger charge is 2.23. The van der Waals surface area contributed by atoms with Crippen LogP contribution in [0.3, 0.4) is 0 Å². The third-order valence-corrected chi connectivity index (χ3v) is 2.45. The predicted molar refractivity (Wildman–Crippen MR) is 69.1 cm³/mol. The van der Waals surface area contributed by atoms with Gasteiger partial charge in [-0.25, -0.2) is 23.2 Å². The molecule has 0 aliphatic carbocycles. The van der Waals surface area contributed by atoms with Gasteiger partial charge in [0.15, 0.2) is 0 Å². The number of methoxy groups -OCH3 is 2. The van der Waals surface area contributed by atoms with Crippen molar-refractivity contribution in [2.24, 2.45) is 0 Å². The molecule has 0 aliphatic heterocycles. The Hall–Kier alpha value is -2.97. The molecule has 0 unspecified atom stereocenters. The van der Waals surface area contributed by atoms with Crippen molar-refractivity contribution in [1.82, 2.24) is 0 Å². The van der Waals surface area contributed by atoms with E-state index in [1.807, 2.05) is 5.32 Å². The largest absolute Gasteiger partial charge is 0.478 e. The van der Waals surface area contributed by atoms with Crippen LogP contribution in [0.25, 0.3) is 0 Å². The van der Waals surface area contributed by atoms with Crippen LogP contribution >= 0.6 is 0 Å². The maximum Gasteiger partial charge on any atom is 0.354 e. The van der Waals surface area contributed by atoms with E-state index in [-0.39, 0.29) is 0 Å². The highest BCUT2D eigenvalue weighted by molar-refractivity contribution is 6.01. The standard InChI is InChI=1S/C13H11F2NO6/c1-21-9(17)5-8(13(20)22-2)16-11-7(15)4-3-6(14)10(11)12(18)19/h3-5,16H,1-2H3,(H,18,19)/b8-5+. The lowest BCUT2D eigenvalue weighted by Crippen LogP contribution is -2.18. The van der Waals surface area contributed by atoms with Gasteiger partial charge in [0.05, 0.1) is 26.0 Å². The Morgan fingerprint density at radius 1 is 1.14 bits per heavy atom. The van der Waals surface area contributed by atoms with Crippen molar-refractivity contribution in [3.8, 4) is 0 Å². The summed E-state index contributed by atoms with van der Waals surface area (Å²) in [5.41, 5.74) is -2.48. The van der Waals surface area contributed by atoms with E-state index in [9.17, 15) is 23.2 Å². The van der Waals surface area contributed by atoms with E-state index < -0.39 is 46.5 Å². The van der Waals surface area contributed by atoms with Crippen molar-refractivity contribution in [3.63, 3.8) is 0 Å². The van der Waals surface area contributed by atoms with Crippen LogP contribution in [0.2, 0.25) is 0 Å². The van der Waals surface area contributed by atoms with Crippen molar-refractivity contribution >= 4 is 23.6 Å². The Balaban J connectivity index is 3.39. The number of benzene rings is 1. The Labute approximate surface area is 123 Å². The van der Waals surface area contributed by atoms with E-state index in [1.165, 1.54) is 0 Å². The van der Waals surface area contributed by atoms with Gasteiger partial charge in [-0.1, -0.05) is 0 Å². The van der Waals surface area contributed by atoms with Crippen LogP contribution in [0.15, 0.2) is 23.9 Å². The first kappa shape index (κ1) is 17.1. The summed E-state index contributed by atoms with van der Waals surface area (Å²) in [6.07, 6.45) is 0.613. The molecule has 0 fully saturated rings. The Morgan fingerprint density at radius 2 is 1.73 bits per heavy atom. The van der Waals surface area contributed by atoms with Crippen LogP contribution in [0.4, 0.5) is 14.5 Å². The van der Waals surface area contributed by atoms with Crippen LogP contribution in [0.1, 0.15) is 10.4 Å². The van der Waals surface area contributed by atoms with Gasteiger partial charge in [0.1, 0.15) is 22.9 Å². The number of rotatable bonds is 5. The number of ether oxygens (including phenoxy) is 2. The predicted octanol–water partition coefficient (Wildman–Crippen LogP) is 1.30. The summed E-state index contributed by atoms with van der Waals surface area (Å²) in [5, 5.41) is 11.0. The van der Waals surface area contributed by atoms with E-state index in [0.717, 1.165) is 14.2 Å². The minimum absolute atomic E-state index is 0.613. The number of halogens is 2. The van der Waals surface area contributed by atoms with Gasteiger partial charge >= 0.3 is 17.9 Å². The van der Waals surface area contributed by atoms with Crippen molar-refractivity contribution < 1.29 is 37.7 Å². The van der Waals surface area contributed by atoms with Crippen molar-refractivity contribution in [2.45, 2.75) is 0 Å². The van der Waals surface area contributed by atoms with Crippen LogP contribution in [-0.4, -0.2) is 37.2 Å². The third kappa shape index (κ3) is 3.78. The molecule has 0 bridgehead atoms. The highest BCUT2D eigenvalue weighted by atomic mass is 19.1. The van der Waals surface area contributed by atoms with Gasteiger partial charge in [-0.15, -0.1) is 0 Å². The average molecular weight is 315 g/mol. The molecule has 9 heteroatoms. The second-order valence-electron chi connectivity index (χ2n) is 3.78. The molecule has 0 aliphatic rings. The summed E-state index contributed by atoms with van der Waals surface area (Å²) in [7, 11) is 2.01. The summed E-state index contributed by atoms with van der Waals surface area (Å²) >= 11 is 0. The van der Waals surface area contributed by atoms with E-state index in [2.05, 4.69) is 9.47 Å². The number of carboxylic acids is 1. The number of hydrogen-bond acceptors (Lipinski definition) is 6. The number of carbonyl (C=O) groups is 3. The maximum atomic E-state index is 13.7. The van der Waals surface area contributed by atoms with E-state index in [4.69, 9.17) is 5.11 Å². The molecule has 1 rings (SSSR count). The Morgan fingerprint density at radius 3 is 2.23 bits per heavy atom. The first-order valence-corrected chi connectivity index (χ1v) is 5.68. The molecular formula is C13H11F2NO6. The van der Waals surface area contributed by atoms with E-state index >= 15 is 0 Å². The molecule has 0 saturated carbocycles. The van der Waals surface area contributed by atoms with Crippen molar-refractivity contribution in [2.75, 3.05) is 19.5 Å². The number of aromatic carboxylic acids is 1. The first-order chi connectivity index (χ1) is 10.3. The molecular weight excluding hydrogens is 304 g/mol. The molecule has 0 amide bonds. The molecule has 0 heterocycles. The molecule has 22 heavy (non-hydrogen) atoms. The molecule has 1 aromatic rings. The minimum Gasteiger partial charge on any atom is -0.478 e. The molecule has 0 radical (unpaired) electrons. The second kappa shape index (κ2) is 7.16. The zero-order valence-corrected chi connectivity index (χ0v) is 11.5. The molecule has 1 aromatic carbocycles. The number of hydrogen-bond donors (Lipinski definition) is 2.